The Morgan fingerprint density at radius 3 is 2.16 bits per heavy atom. The Hall–Kier alpha value is -3.02. The molecule has 0 aromatic heterocycles. The maximum atomic E-state index is 11.6. The summed E-state index contributed by atoms with van der Waals surface area (Å²) < 4.78 is 0. The van der Waals surface area contributed by atoms with Crippen LogP contribution in [0.4, 0.5) is 16.2 Å². The minimum absolute atomic E-state index is 0.0950. The summed E-state index contributed by atoms with van der Waals surface area (Å²) in [6, 6.07) is 15.3. The standard InChI is InChI=1S/C19H25N5O/c1-13(2)22-19(25)24-17-10-6-15(7-11-17)12-21-18(20)23-16-8-4-14(3)5-9-16/h4-11,13H,12H2,1-3H3,(H3,20,21,23)(H2,22,24,25). The first-order valence-electron chi connectivity index (χ1n) is 8.22. The second-order valence-electron chi connectivity index (χ2n) is 6.14. The molecule has 0 saturated heterocycles. The number of guanidine groups is 1. The molecule has 2 amide bonds. The Morgan fingerprint density at radius 2 is 1.56 bits per heavy atom. The quantitative estimate of drug-likeness (QED) is 0.497. The van der Waals surface area contributed by atoms with Crippen molar-refractivity contribution in [3.05, 3.63) is 59.7 Å². The zero-order valence-corrected chi connectivity index (χ0v) is 14.8. The van der Waals surface area contributed by atoms with Gasteiger partial charge < -0.3 is 21.7 Å². The van der Waals surface area contributed by atoms with E-state index in [0.717, 1.165) is 16.9 Å². The Balaban J connectivity index is 1.87. The molecule has 0 radical (unpaired) electrons. The minimum atomic E-state index is -0.215. The first-order valence-corrected chi connectivity index (χ1v) is 8.22. The lowest BCUT2D eigenvalue weighted by Gasteiger charge is -2.10. The monoisotopic (exact) mass is 339 g/mol. The van der Waals surface area contributed by atoms with Crippen LogP contribution in [-0.4, -0.2) is 18.0 Å². The van der Waals surface area contributed by atoms with Crippen molar-refractivity contribution in [2.45, 2.75) is 33.4 Å². The first kappa shape index (κ1) is 18.3. The predicted octanol–water partition coefficient (Wildman–Crippen LogP) is 3.45. The number of carbonyl (C=O) groups is 1. The van der Waals surface area contributed by atoms with Gasteiger partial charge in [-0.25, -0.2) is 9.79 Å². The van der Waals surface area contributed by atoms with Gasteiger partial charge in [0.25, 0.3) is 0 Å². The van der Waals surface area contributed by atoms with Gasteiger partial charge in [0.1, 0.15) is 0 Å². The van der Waals surface area contributed by atoms with Gasteiger partial charge in [-0.2, -0.15) is 0 Å². The molecule has 0 unspecified atom stereocenters. The molecule has 0 aliphatic rings. The summed E-state index contributed by atoms with van der Waals surface area (Å²) in [5.41, 5.74) is 9.74. The maximum Gasteiger partial charge on any atom is 0.319 e. The van der Waals surface area contributed by atoms with E-state index < -0.39 is 0 Å². The molecule has 2 aromatic rings. The molecule has 6 nitrogen and oxygen atoms in total. The third-order valence-electron chi connectivity index (χ3n) is 3.39. The van der Waals surface area contributed by atoms with Crippen molar-refractivity contribution < 1.29 is 4.79 Å². The Bertz CT molecular complexity index is 720. The summed E-state index contributed by atoms with van der Waals surface area (Å²) in [6.45, 7) is 6.32. The zero-order chi connectivity index (χ0) is 18.2. The molecule has 6 heteroatoms. The van der Waals surface area contributed by atoms with Crippen LogP contribution in [0, 0.1) is 6.92 Å². The van der Waals surface area contributed by atoms with Gasteiger partial charge in [-0.1, -0.05) is 29.8 Å². The number of amides is 2. The summed E-state index contributed by atoms with van der Waals surface area (Å²) in [4.78, 5) is 16.0. The summed E-state index contributed by atoms with van der Waals surface area (Å²) in [7, 11) is 0. The number of benzene rings is 2. The molecule has 0 bridgehead atoms. The molecule has 5 N–H and O–H groups in total. The van der Waals surface area contributed by atoms with Crippen LogP contribution in [0.3, 0.4) is 0 Å². The molecule has 2 aromatic carbocycles. The second-order valence-corrected chi connectivity index (χ2v) is 6.14. The lowest BCUT2D eigenvalue weighted by Crippen LogP contribution is -2.34. The third kappa shape index (κ3) is 6.55. The number of nitrogens with zero attached hydrogens (tertiary/aromatic N) is 1. The fourth-order valence-electron chi connectivity index (χ4n) is 2.12. The summed E-state index contributed by atoms with van der Waals surface area (Å²) >= 11 is 0. The van der Waals surface area contributed by atoms with E-state index in [1.807, 2.05) is 69.3 Å². The highest BCUT2D eigenvalue weighted by molar-refractivity contribution is 5.92. The molecule has 0 aliphatic carbocycles. The number of aryl methyl sites for hydroxylation is 1. The normalized spacial score (nSPS) is 11.3. The van der Waals surface area contributed by atoms with E-state index in [2.05, 4.69) is 20.9 Å². The number of urea groups is 1. The SMILES string of the molecule is Cc1ccc(NC(N)=NCc2ccc(NC(=O)NC(C)C)cc2)cc1. The highest BCUT2D eigenvalue weighted by Crippen LogP contribution is 2.11. The number of nitrogens with one attached hydrogen (secondary N) is 3. The van der Waals surface area contributed by atoms with Gasteiger partial charge in [0.15, 0.2) is 5.96 Å². The lowest BCUT2D eigenvalue weighted by molar-refractivity contribution is 0.250. The average Bonchev–Trinajstić information content (AvgIpc) is 2.55. The molecular formula is C19H25N5O. The average molecular weight is 339 g/mol. The van der Waals surface area contributed by atoms with E-state index in [1.54, 1.807) is 0 Å². The largest absolute Gasteiger partial charge is 0.370 e. The summed E-state index contributed by atoms with van der Waals surface area (Å²) in [5, 5.41) is 8.61. The Morgan fingerprint density at radius 1 is 1.00 bits per heavy atom. The van der Waals surface area contributed by atoms with E-state index in [0.29, 0.717) is 12.5 Å². The fraction of sp³-hybridized carbons (Fsp3) is 0.263. The van der Waals surface area contributed by atoms with E-state index in [1.165, 1.54) is 5.56 Å². The summed E-state index contributed by atoms with van der Waals surface area (Å²) in [5.74, 6) is 0.363. The topological polar surface area (TPSA) is 91.5 Å². The van der Waals surface area contributed by atoms with Crippen molar-refractivity contribution in [3.8, 4) is 0 Å². The highest BCUT2D eigenvalue weighted by Gasteiger charge is 2.03. The van der Waals surface area contributed by atoms with Gasteiger partial charge >= 0.3 is 6.03 Å². The van der Waals surface area contributed by atoms with E-state index in [4.69, 9.17) is 5.73 Å². The van der Waals surface area contributed by atoms with Crippen LogP contribution in [0.15, 0.2) is 53.5 Å². The van der Waals surface area contributed by atoms with Crippen LogP contribution >= 0.6 is 0 Å². The molecule has 0 saturated carbocycles. The number of hydrogen-bond donors (Lipinski definition) is 4. The second kappa shape index (κ2) is 8.73. The van der Waals surface area contributed by atoms with Crippen LogP contribution < -0.4 is 21.7 Å². The number of nitrogens with two attached hydrogens (primary N) is 1. The smallest absolute Gasteiger partial charge is 0.319 e. The number of hydrogen-bond acceptors (Lipinski definition) is 2. The first-order chi connectivity index (χ1) is 11.9. The molecular weight excluding hydrogens is 314 g/mol. The van der Waals surface area contributed by atoms with Crippen molar-refractivity contribution in [1.29, 1.82) is 0 Å². The van der Waals surface area contributed by atoms with E-state index >= 15 is 0 Å². The molecule has 25 heavy (non-hydrogen) atoms. The Kier molecular flexibility index (Phi) is 6.39. The van der Waals surface area contributed by atoms with Crippen molar-refractivity contribution >= 4 is 23.4 Å². The van der Waals surface area contributed by atoms with Crippen LogP contribution in [0.1, 0.15) is 25.0 Å². The number of rotatable bonds is 5. The Labute approximate surface area is 148 Å². The number of anilines is 2. The summed E-state index contributed by atoms with van der Waals surface area (Å²) in [6.07, 6.45) is 0. The third-order valence-corrected chi connectivity index (χ3v) is 3.39. The molecule has 0 aliphatic heterocycles. The molecule has 0 heterocycles. The van der Waals surface area contributed by atoms with Crippen LogP contribution in [0.5, 0.6) is 0 Å². The van der Waals surface area contributed by atoms with Gasteiger partial charge in [0, 0.05) is 17.4 Å². The maximum absolute atomic E-state index is 11.6. The molecule has 2 rings (SSSR count). The predicted molar refractivity (Wildman–Crippen MR) is 104 cm³/mol. The zero-order valence-electron chi connectivity index (χ0n) is 14.8. The molecule has 0 spiro atoms. The van der Waals surface area contributed by atoms with Crippen molar-refractivity contribution in [2.75, 3.05) is 10.6 Å². The molecule has 0 atom stereocenters. The van der Waals surface area contributed by atoms with Crippen molar-refractivity contribution in [2.24, 2.45) is 10.7 Å². The fourth-order valence-corrected chi connectivity index (χ4v) is 2.12. The van der Waals surface area contributed by atoms with Crippen LogP contribution in [0.2, 0.25) is 0 Å². The molecule has 132 valence electrons. The van der Waals surface area contributed by atoms with Crippen LogP contribution in [-0.2, 0) is 6.54 Å². The lowest BCUT2D eigenvalue weighted by atomic mass is 10.2. The van der Waals surface area contributed by atoms with E-state index in [9.17, 15) is 4.79 Å². The van der Waals surface area contributed by atoms with Gasteiger partial charge in [-0.3, -0.25) is 0 Å². The van der Waals surface area contributed by atoms with Gasteiger partial charge in [-0.15, -0.1) is 0 Å². The number of aliphatic imine (C=N–C) groups is 1. The number of carbonyl (C=O) groups excluding carboxylic acids is 1. The van der Waals surface area contributed by atoms with Gasteiger partial charge in [0.05, 0.1) is 6.54 Å². The molecule has 0 fully saturated rings. The van der Waals surface area contributed by atoms with E-state index in [-0.39, 0.29) is 12.1 Å². The van der Waals surface area contributed by atoms with Crippen LogP contribution in [0.25, 0.3) is 0 Å². The highest BCUT2D eigenvalue weighted by atomic mass is 16.2. The van der Waals surface area contributed by atoms with Crippen molar-refractivity contribution in [1.82, 2.24) is 5.32 Å². The minimum Gasteiger partial charge on any atom is -0.370 e. The van der Waals surface area contributed by atoms with Gasteiger partial charge in [-0.05, 0) is 50.6 Å². The van der Waals surface area contributed by atoms with Crippen molar-refractivity contribution in [3.63, 3.8) is 0 Å². The van der Waals surface area contributed by atoms with Gasteiger partial charge in [0.2, 0.25) is 0 Å².